The van der Waals surface area contributed by atoms with E-state index >= 15 is 0 Å². The molecule has 1 aliphatic heterocycles. The molecular formula is C17H19N5O2. The molecule has 4 heterocycles. The second-order valence-electron chi connectivity index (χ2n) is 6.15. The molecular weight excluding hydrogens is 306 g/mol. The third-order valence-corrected chi connectivity index (χ3v) is 4.37. The molecule has 0 radical (unpaired) electrons. The predicted octanol–water partition coefficient (Wildman–Crippen LogP) is 1.64. The maximum absolute atomic E-state index is 12.6. The van der Waals surface area contributed by atoms with Gasteiger partial charge in [0.2, 0.25) is 0 Å². The molecule has 3 aromatic rings. The number of amides is 1. The van der Waals surface area contributed by atoms with Crippen molar-refractivity contribution in [2.24, 2.45) is 7.05 Å². The maximum atomic E-state index is 12.6. The van der Waals surface area contributed by atoms with E-state index in [0.29, 0.717) is 12.3 Å². The van der Waals surface area contributed by atoms with E-state index in [1.54, 1.807) is 12.4 Å². The zero-order valence-electron chi connectivity index (χ0n) is 13.6. The summed E-state index contributed by atoms with van der Waals surface area (Å²) in [6, 6.07) is 3.83. The zero-order valence-corrected chi connectivity index (χ0v) is 13.6. The molecule has 0 unspecified atom stereocenters. The molecule has 1 fully saturated rings. The molecule has 0 spiro atoms. The molecule has 3 aromatic heterocycles. The van der Waals surface area contributed by atoms with Crippen molar-refractivity contribution in [2.75, 3.05) is 6.61 Å². The molecule has 2 atom stereocenters. The Hall–Kier alpha value is -2.67. The van der Waals surface area contributed by atoms with E-state index in [1.165, 1.54) is 0 Å². The normalized spacial score (nSPS) is 20.6. The lowest BCUT2D eigenvalue weighted by Gasteiger charge is -2.19. The minimum Gasteiger partial charge on any atom is -0.368 e. The van der Waals surface area contributed by atoms with Crippen LogP contribution >= 0.6 is 0 Å². The molecule has 124 valence electrons. The van der Waals surface area contributed by atoms with Crippen LogP contribution < -0.4 is 5.32 Å². The molecule has 24 heavy (non-hydrogen) atoms. The SMILES string of the molecule is Cc1ccn2cc(C(=O)N[C@H]3CCO[C@@H]3c3nccn3C)nc2c1. The number of aromatic nitrogens is 4. The molecule has 7 heteroatoms. The van der Waals surface area contributed by atoms with Crippen molar-refractivity contribution in [3.8, 4) is 0 Å². The van der Waals surface area contributed by atoms with Gasteiger partial charge in [-0.15, -0.1) is 0 Å². The number of imidazole rings is 2. The Morgan fingerprint density at radius 3 is 3.08 bits per heavy atom. The van der Waals surface area contributed by atoms with Gasteiger partial charge in [-0.2, -0.15) is 0 Å². The summed E-state index contributed by atoms with van der Waals surface area (Å²) in [5, 5.41) is 3.04. The largest absolute Gasteiger partial charge is 0.368 e. The van der Waals surface area contributed by atoms with Gasteiger partial charge in [0.1, 0.15) is 23.3 Å². The first-order valence-electron chi connectivity index (χ1n) is 7.97. The van der Waals surface area contributed by atoms with Crippen LogP contribution in [0.1, 0.15) is 34.4 Å². The van der Waals surface area contributed by atoms with Gasteiger partial charge in [0.25, 0.3) is 5.91 Å². The first-order valence-corrected chi connectivity index (χ1v) is 7.97. The lowest BCUT2D eigenvalue weighted by Crippen LogP contribution is -2.37. The van der Waals surface area contributed by atoms with Gasteiger partial charge in [-0.05, 0) is 31.0 Å². The minimum atomic E-state index is -0.228. The molecule has 1 amide bonds. The number of hydrogen-bond acceptors (Lipinski definition) is 4. The number of nitrogens with zero attached hydrogens (tertiary/aromatic N) is 4. The lowest BCUT2D eigenvalue weighted by atomic mass is 10.1. The van der Waals surface area contributed by atoms with Gasteiger partial charge in [0.15, 0.2) is 0 Å². The summed E-state index contributed by atoms with van der Waals surface area (Å²) in [4.78, 5) is 21.3. The zero-order chi connectivity index (χ0) is 16.7. The van der Waals surface area contributed by atoms with E-state index < -0.39 is 0 Å². The Balaban J connectivity index is 1.55. The average Bonchev–Trinajstić information content (AvgIpc) is 3.25. The fourth-order valence-corrected chi connectivity index (χ4v) is 3.08. The van der Waals surface area contributed by atoms with Crippen molar-refractivity contribution >= 4 is 11.6 Å². The lowest BCUT2D eigenvalue weighted by molar-refractivity contribution is 0.0776. The Labute approximate surface area is 139 Å². The smallest absolute Gasteiger partial charge is 0.271 e. The number of nitrogens with one attached hydrogen (secondary N) is 1. The van der Waals surface area contributed by atoms with Gasteiger partial charge in [-0.25, -0.2) is 9.97 Å². The van der Waals surface area contributed by atoms with Crippen molar-refractivity contribution in [3.05, 3.63) is 54.0 Å². The van der Waals surface area contributed by atoms with E-state index in [-0.39, 0.29) is 18.1 Å². The van der Waals surface area contributed by atoms with Crippen LogP contribution in [0.4, 0.5) is 0 Å². The first kappa shape index (κ1) is 14.9. The van der Waals surface area contributed by atoms with E-state index in [4.69, 9.17) is 4.74 Å². The van der Waals surface area contributed by atoms with Crippen LogP contribution in [0, 0.1) is 6.92 Å². The Bertz CT molecular complexity index is 897. The summed E-state index contributed by atoms with van der Waals surface area (Å²) in [5.41, 5.74) is 2.29. The molecule has 7 nitrogen and oxygen atoms in total. The second-order valence-corrected chi connectivity index (χ2v) is 6.15. The number of carbonyl (C=O) groups is 1. The summed E-state index contributed by atoms with van der Waals surface area (Å²) >= 11 is 0. The van der Waals surface area contributed by atoms with Crippen LogP contribution in [0.3, 0.4) is 0 Å². The molecule has 0 saturated carbocycles. The topological polar surface area (TPSA) is 73.4 Å². The monoisotopic (exact) mass is 325 g/mol. The predicted molar refractivity (Wildman–Crippen MR) is 87.7 cm³/mol. The second kappa shape index (κ2) is 5.76. The number of carbonyl (C=O) groups excluding carboxylic acids is 1. The Kier molecular flexibility index (Phi) is 3.57. The van der Waals surface area contributed by atoms with Crippen molar-refractivity contribution in [1.82, 2.24) is 24.3 Å². The maximum Gasteiger partial charge on any atom is 0.271 e. The van der Waals surface area contributed by atoms with Gasteiger partial charge in [0.05, 0.1) is 6.04 Å². The van der Waals surface area contributed by atoms with Crippen LogP contribution in [-0.2, 0) is 11.8 Å². The van der Waals surface area contributed by atoms with Gasteiger partial charge >= 0.3 is 0 Å². The van der Waals surface area contributed by atoms with Gasteiger partial charge in [0, 0.05) is 38.4 Å². The van der Waals surface area contributed by atoms with Gasteiger partial charge in [-0.1, -0.05) is 0 Å². The summed E-state index contributed by atoms with van der Waals surface area (Å²) in [6.07, 6.45) is 7.80. The number of fused-ring (bicyclic) bond motifs is 1. The van der Waals surface area contributed by atoms with Crippen molar-refractivity contribution in [3.63, 3.8) is 0 Å². The summed E-state index contributed by atoms with van der Waals surface area (Å²) < 4.78 is 9.55. The fourth-order valence-electron chi connectivity index (χ4n) is 3.08. The van der Waals surface area contributed by atoms with E-state index in [2.05, 4.69) is 15.3 Å². The number of hydrogen-bond donors (Lipinski definition) is 1. The molecule has 0 bridgehead atoms. The summed E-state index contributed by atoms with van der Waals surface area (Å²) in [5.74, 6) is 0.634. The summed E-state index contributed by atoms with van der Waals surface area (Å²) in [6.45, 7) is 2.61. The fraction of sp³-hybridized carbons (Fsp3) is 0.353. The van der Waals surface area contributed by atoms with Crippen LogP contribution in [-0.4, -0.2) is 37.5 Å². The Morgan fingerprint density at radius 1 is 1.42 bits per heavy atom. The highest BCUT2D eigenvalue weighted by atomic mass is 16.5. The quantitative estimate of drug-likeness (QED) is 0.794. The molecule has 4 rings (SSSR count). The van der Waals surface area contributed by atoms with Crippen molar-refractivity contribution in [2.45, 2.75) is 25.5 Å². The number of aryl methyl sites for hydroxylation is 2. The van der Waals surface area contributed by atoms with Crippen LogP contribution in [0.5, 0.6) is 0 Å². The Morgan fingerprint density at radius 2 is 2.29 bits per heavy atom. The van der Waals surface area contributed by atoms with Crippen molar-refractivity contribution < 1.29 is 9.53 Å². The molecule has 1 aliphatic rings. The molecule has 1 N–H and O–H groups in total. The first-order chi connectivity index (χ1) is 11.6. The highest BCUT2D eigenvalue weighted by molar-refractivity contribution is 5.93. The standard InChI is InChI=1S/C17H19N5O2/c1-11-3-6-22-10-13(19-14(22)9-11)17(23)20-12-4-8-24-15(12)16-18-5-7-21(16)2/h3,5-7,9-10,12,15H,4,8H2,1-2H3,(H,20,23)/t12-,15-/m0/s1. The van der Waals surface area contributed by atoms with Crippen molar-refractivity contribution in [1.29, 1.82) is 0 Å². The average molecular weight is 325 g/mol. The number of rotatable bonds is 3. The highest BCUT2D eigenvalue weighted by Gasteiger charge is 2.34. The van der Waals surface area contributed by atoms with E-state index in [0.717, 1.165) is 23.5 Å². The molecule has 0 aromatic carbocycles. The van der Waals surface area contributed by atoms with Crippen LogP contribution in [0.2, 0.25) is 0 Å². The third-order valence-electron chi connectivity index (χ3n) is 4.37. The van der Waals surface area contributed by atoms with Gasteiger partial charge < -0.3 is 19.0 Å². The number of pyridine rings is 1. The van der Waals surface area contributed by atoms with E-state index in [1.807, 2.05) is 47.5 Å². The third kappa shape index (κ3) is 2.56. The van der Waals surface area contributed by atoms with E-state index in [9.17, 15) is 4.79 Å². The highest BCUT2D eigenvalue weighted by Crippen LogP contribution is 2.28. The molecule has 0 aliphatic carbocycles. The summed E-state index contributed by atoms with van der Waals surface area (Å²) in [7, 11) is 1.92. The van der Waals surface area contributed by atoms with Crippen LogP contribution in [0.15, 0.2) is 36.9 Å². The van der Waals surface area contributed by atoms with Gasteiger partial charge in [-0.3, -0.25) is 4.79 Å². The minimum absolute atomic E-state index is 0.106. The van der Waals surface area contributed by atoms with Crippen LogP contribution in [0.25, 0.3) is 5.65 Å². The molecule has 1 saturated heterocycles. The number of ether oxygens (including phenoxy) is 1.